The molecule has 0 saturated carbocycles. The Morgan fingerprint density at radius 2 is 2.41 bits per heavy atom. The van der Waals surface area contributed by atoms with Crippen LogP contribution < -0.4 is 5.73 Å². The van der Waals surface area contributed by atoms with Crippen molar-refractivity contribution in [2.45, 2.75) is 32.9 Å². The molecule has 1 amide bonds. The zero-order valence-corrected chi connectivity index (χ0v) is 10.2. The average molecular weight is 237 g/mol. The molecule has 2 rings (SSSR count). The fourth-order valence-corrected chi connectivity index (χ4v) is 2.20. The van der Waals surface area contributed by atoms with Crippen molar-refractivity contribution in [3.63, 3.8) is 0 Å². The first-order chi connectivity index (χ1) is 8.26. The van der Waals surface area contributed by atoms with Crippen LogP contribution in [0, 0.1) is 5.92 Å². The highest BCUT2D eigenvalue weighted by atomic mass is 16.2. The van der Waals surface area contributed by atoms with E-state index in [1.807, 2.05) is 9.47 Å². The van der Waals surface area contributed by atoms with E-state index in [2.05, 4.69) is 17.1 Å². The standard InChI is InChI=1S/C11H19N5O/c1-2-3-9(6-12)11(17)15-4-5-16-8-13-14-10(16)7-15/h8-9H,2-7,12H2,1H3. The van der Waals surface area contributed by atoms with Gasteiger partial charge in [0, 0.05) is 19.6 Å². The van der Waals surface area contributed by atoms with Gasteiger partial charge in [-0.15, -0.1) is 10.2 Å². The van der Waals surface area contributed by atoms with Gasteiger partial charge in [-0.2, -0.15) is 0 Å². The zero-order valence-electron chi connectivity index (χ0n) is 10.2. The number of amides is 1. The van der Waals surface area contributed by atoms with Crippen LogP contribution in [-0.4, -0.2) is 38.7 Å². The molecule has 0 aromatic carbocycles. The van der Waals surface area contributed by atoms with Gasteiger partial charge < -0.3 is 15.2 Å². The zero-order chi connectivity index (χ0) is 12.3. The molecule has 0 spiro atoms. The molecule has 0 radical (unpaired) electrons. The minimum absolute atomic E-state index is 0.0468. The van der Waals surface area contributed by atoms with Crippen molar-refractivity contribution in [2.75, 3.05) is 13.1 Å². The number of hydrogen-bond acceptors (Lipinski definition) is 4. The molecule has 1 aromatic rings. The second-order valence-corrected chi connectivity index (χ2v) is 4.42. The summed E-state index contributed by atoms with van der Waals surface area (Å²) in [6, 6.07) is 0. The van der Waals surface area contributed by atoms with Crippen molar-refractivity contribution in [3.05, 3.63) is 12.2 Å². The summed E-state index contributed by atoms with van der Waals surface area (Å²) >= 11 is 0. The van der Waals surface area contributed by atoms with E-state index in [1.54, 1.807) is 6.33 Å². The Bertz CT molecular complexity index is 389. The van der Waals surface area contributed by atoms with Gasteiger partial charge in [0.2, 0.25) is 5.91 Å². The lowest BCUT2D eigenvalue weighted by Crippen LogP contribution is -2.43. The van der Waals surface area contributed by atoms with Gasteiger partial charge >= 0.3 is 0 Å². The normalized spacial score (nSPS) is 16.7. The maximum Gasteiger partial charge on any atom is 0.227 e. The fourth-order valence-electron chi connectivity index (χ4n) is 2.20. The Balaban J connectivity index is 2.02. The third-order valence-electron chi connectivity index (χ3n) is 3.22. The Morgan fingerprint density at radius 3 is 3.12 bits per heavy atom. The molecule has 2 heterocycles. The summed E-state index contributed by atoms with van der Waals surface area (Å²) in [4.78, 5) is 14.1. The first kappa shape index (κ1) is 12.0. The van der Waals surface area contributed by atoms with E-state index in [0.717, 1.165) is 31.8 Å². The number of nitrogens with zero attached hydrogens (tertiary/aromatic N) is 4. The number of carbonyl (C=O) groups is 1. The molecule has 6 heteroatoms. The van der Waals surface area contributed by atoms with Gasteiger partial charge in [-0.05, 0) is 6.42 Å². The van der Waals surface area contributed by atoms with E-state index >= 15 is 0 Å². The summed E-state index contributed by atoms with van der Waals surface area (Å²) < 4.78 is 1.99. The number of carbonyl (C=O) groups excluding carboxylic acids is 1. The number of hydrogen-bond donors (Lipinski definition) is 1. The molecule has 2 N–H and O–H groups in total. The number of nitrogens with two attached hydrogens (primary N) is 1. The lowest BCUT2D eigenvalue weighted by molar-refractivity contribution is -0.137. The van der Waals surface area contributed by atoms with Crippen molar-refractivity contribution in [3.8, 4) is 0 Å². The third-order valence-corrected chi connectivity index (χ3v) is 3.22. The van der Waals surface area contributed by atoms with Gasteiger partial charge in [0.05, 0.1) is 12.5 Å². The van der Waals surface area contributed by atoms with E-state index in [-0.39, 0.29) is 11.8 Å². The molecule has 17 heavy (non-hydrogen) atoms. The Labute approximate surface area is 101 Å². The minimum atomic E-state index is -0.0468. The lowest BCUT2D eigenvalue weighted by atomic mass is 10.0. The number of fused-ring (bicyclic) bond motifs is 1. The molecule has 0 bridgehead atoms. The second-order valence-electron chi connectivity index (χ2n) is 4.42. The maximum atomic E-state index is 12.2. The molecule has 1 aromatic heterocycles. The first-order valence-electron chi connectivity index (χ1n) is 6.11. The third kappa shape index (κ3) is 2.46. The Kier molecular flexibility index (Phi) is 3.73. The summed E-state index contributed by atoms with van der Waals surface area (Å²) in [6.07, 6.45) is 3.56. The monoisotopic (exact) mass is 237 g/mol. The lowest BCUT2D eigenvalue weighted by Gasteiger charge is -2.30. The van der Waals surface area contributed by atoms with Crippen LogP contribution in [0.25, 0.3) is 0 Å². The summed E-state index contributed by atoms with van der Waals surface area (Å²) in [7, 11) is 0. The molecule has 6 nitrogen and oxygen atoms in total. The smallest absolute Gasteiger partial charge is 0.227 e. The van der Waals surface area contributed by atoms with Crippen LogP contribution in [0.1, 0.15) is 25.6 Å². The van der Waals surface area contributed by atoms with E-state index < -0.39 is 0 Å². The van der Waals surface area contributed by atoms with Crippen molar-refractivity contribution in [2.24, 2.45) is 11.7 Å². The highest BCUT2D eigenvalue weighted by molar-refractivity contribution is 5.79. The van der Waals surface area contributed by atoms with Crippen LogP contribution >= 0.6 is 0 Å². The predicted molar refractivity (Wildman–Crippen MR) is 62.9 cm³/mol. The number of rotatable bonds is 4. The summed E-state index contributed by atoms with van der Waals surface area (Å²) in [5.74, 6) is 0.968. The van der Waals surface area contributed by atoms with Crippen LogP contribution in [0.3, 0.4) is 0 Å². The van der Waals surface area contributed by atoms with E-state index in [1.165, 1.54) is 0 Å². The molecule has 0 aliphatic carbocycles. The summed E-state index contributed by atoms with van der Waals surface area (Å²) in [5, 5.41) is 7.86. The minimum Gasteiger partial charge on any atom is -0.333 e. The molecule has 1 aliphatic heterocycles. The highest BCUT2D eigenvalue weighted by Crippen LogP contribution is 2.15. The van der Waals surface area contributed by atoms with Gasteiger partial charge in [-0.25, -0.2) is 0 Å². The van der Waals surface area contributed by atoms with Crippen molar-refractivity contribution in [1.29, 1.82) is 0 Å². The van der Waals surface area contributed by atoms with Gasteiger partial charge in [0.25, 0.3) is 0 Å². The van der Waals surface area contributed by atoms with Crippen molar-refractivity contribution >= 4 is 5.91 Å². The topological polar surface area (TPSA) is 77.0 Å². The largest absolute Gasteiger partial charge is 0.333 e. The Morgan fingerprint density at radius 1 is 1.59 bits per heavy atom. The van der Waals surface area contributed by atoms with Crippen LogP contribution in [0.2, 0.25) is 0 Å². The average Bonchev–Trinajstić information content (AvgIpc) is 2.82. The highest BCUT2D eigenvalue weighted by Gasteiger charge is 2.26. The van der Waals surface area contributed by atoms with E-state index in [4.69, 9.17) is 5.73 Å². The van der Waals surface area contributed by atoms with Gasteiger partial charge in [-0.1, -0.05) is 13.3 Å². The van der Waals surface area contributed by atoms with Crippen molar-refractivity contribution in [1.82, 2.24) is 19.7 Å². The molecule has 1 aliphatic rings. The van der Waals surface area contributed by atoms with Crippen LogP contribution in [0.4, 0.5) is 0 Å². The Hall–Kier alpha value is -1.43. The van der Waals surface area contributed by atoms with E-state index in [9.17, 15) is 4.79 Å². The van der Waals surface area contributed by atoms with E-state index in [0.29, 0.717) is 13.1 Å². The summed E-state index contributed by atoms with van der Waals surface area (Å²) in [5.41, 5.74) is 5.66. The van der Waals surface area contributed by atoms with Crippen LogP contribution in [0.15, 0.2) is 6.33 Å². The van der Waals surface area contributed by atoms with Crippen molar-refractivity contribution < 1.29 is 4.79 Å². The fraction of sp³-hybridized carbons (Fsp3) is 0.727. The van der Waals surface area contributed by atoms with Crippen LogP contribution in [-0.2, 0) is 17.9 Å². The maximum absolute atomic E-state index is 12.2. The quantitative estimate of drug-likeness (QED) is 0.799. The molecule has 1 unspecified atom stereocenters. The molecular formula is C11H19N5O. The molecule has 0 saturated heterocycles. The first-order valence-corrected chi connectivity index (χ1v) is 6.11. The van der Waals surface area contributed by atoms with Gasteiger partial charge in [-0.3, -0.25) is 4.79 Å². The van der Waals surface area contributed by atoms with Crippen LogP contribution in [0.5, 0.6) is 0 Å². The molecule has 94 valence electrons. The number of aromatic nitrogens is 3. The molecular weight excluding hydrogens is 218 g/mol. The SMILES string of the molecule is CCCC(CN)C(=O)N1CCn2cnnc2C1. The second kappa shape index (κ2) is 5.27. The molecule has 1 atom stereocenters. The predicted octanol–water partition coefficient (Wildman–Crippen LogP) is -0.00470. The van der Waals surface area contributed by atoms with Gasteiger partial charge in [0.15, 0.2) is 5.82 Å². The van der Waals surface area contributed by atoms with Gasteiger partial charge in [0.1, 0.15) is 6.33 Å². The molecule has 0 fully saturated rings. The summed E-state index contributed by atoms with van der Waals surface area (Å²) in [6.45, 7) is 4.55.